The molecule has 0 saturated carbocycles. The Bertz CT molecular complexity index is 1140. The topological polar surface area (TPSA) is 105 Å². The second kappa shape index (κ2) is 8.37. The van der Waals surface area contributed by atoms with Gasteiger partial charge in [0.1, 0.15) is 17.0 Å². The minimum Gasteiger partial charge on any atom is -0.460 e. The van der Waals surface area contributed by atoms with Crippen LogP contribution in [0.2, 0.25) is 0 Å². The fourth-order valence-electron chi connectivity index (χ4n) is 2.88. The Balaban J connectivity index is 1.84. The van der Waals surface area contributed by atoms with Crippen molar-refractivity contribution in [2.24, 2.45) is 5.92 Å². The zero-order valence-corrected chi connectivity index (χ0v) is 17.4. The van der Waals surface area contributed by atoms with Crippen LogP contribution in [0.5, 0.6) is 0 Å². The standard InChI is InChI=1S/C23H23N3O4/c1-14(2)23(4,13-24)26-21(27)12-29-22(28)17-11-19(20-10-9-15(3)30-20)25-18-8-6-5-7-16(17)18/h5-11,14H,12H2,1-4H3,(H,26,27)/t23-/m0/s1. The molecular formula is C23H23N3O4. The third kappa shape index (κ3) is 4.33. The van der Waals surface area contributed by atoms with E-state index in [-0.39, 0.29) is 11.5 Å². The summed E-state index contributed by atoms with van der Waals surface area (Å²) < 4.78 is 10.9. The fourth-order valence-corrected chi connectivity index (χ4v) is 2.88. The number of carbonyl (C=O) groups excluding carboxylic acids is 2. The number of nitrogens with zero attached hydrogens (tertiary/aromatic N) is 2. The molecule has 0 unspecified atom stereocenters. The van der Waals surface area contributed by atoms with Gasteiger partial charge in [-0.05, 0) is 44.0 Å². The summed E-state index contributed by atoms with van der Waals surface area (Å²) in [5, 5.41) is 12.6. The Kier molecular flexibility index (Phi) is 5.88. The Morgan fingerprint density at radius 3 is 2.63 bits per heavy atom. The normalized spacial score (nSPS) is 12.9. The van der Waals surface area contributed by atoms with Gasteiger partial charge in [-0.1, -0.05) is 32.0 Å². The molecule has 1 amide bonds. The molecule has 0 aliphatic carbocycles. The summed E-state index contributed by atoms with van der Waals surface area (Å²) in [5.41, 5.74) is 0.341. The van der Waals surface area contributed by atoms with E-state index in [1.165, 1.54) is 0 Å². The number of nitriles is 1. The van der Waals surface area contributed by atoms with Crippen LogP contribution in [0.3, 0.4) is 0 Å². The largest absolute Gasteiger partial charge is 0.460 e. The van der Waals surface area contributed by atoms with Crippen LogP contribution in [0.1, 0.15) is 36.9 Å². The molecule has 7 heteroatoms. The van der Waals surface area contributed by atoms with Crippen molar-refractivity contribution in [1.82, 2.24) is 10.3 Å². The number of hydrogen-bond acceptors (Lipinski definition) is 6. The molecule has 0 aliphatic rings. The van der Waals surface area contributed by atoms with E-state index in [0.717, 1.165) is 5.76 Å². The molecule has 0 fully saturated rings. The van der Waals surface area contributed by atoms with Gasteiger partial charge in [0.2, 0.25) is 0 Å². The number of aryl methyl sites for hydroxylation is 1. The number of para-hydroxylation sites is 1. The summed E-state index contributed by atoms with van der Waals surface area (Å²) in [4.78, 5) is 29.6. The maximum absolute atomic E-state index is 12.8. The van der Waals surface area contributed by atoms with Gasteiger partial charge in [0.25, 0.3) is 5.91 Å². The Morgan fingerprint density at radius 1 is 1.27 bits per heavy atom. The number of aromatic nitrogens is 1. The van der Waals surface area contributed by atoms with Crippen molar-refractivity contribution < 1.29 is 18.7 Å². The van der Waals surface area contributed by atoms with E-state index < -0.39 is 24.0 Å². The second-order valence-electron chi connectivity index (χ2n) is 7.58. The molecule has 1 N–H and O–H groups in total. The lowest BCUT2D eigenvalue weighted by atomic mass is 9.90. The van der Waals surface area contributed by atoms with Crippen molar-refractivity contribution in [3.63, 3.8) is 0 Å². The molecule has 0 radical (unpaired) electrons. The maximum atomic E-state index is 12.8. The lowest BCUT2D eigenvalue weighted by Gasteiger charge is -2.27. The van der Waals surface area contributed by atoms with Crippen LogP contribution in [0.25, 0.3) is 22.4 Å². The Morgan fingerprint density at radius 2 is 2.00 bits per heavy atom. The number of fused-ring (bicyclic) bond motifs is 1. The van der Waals surface area contributed by atoms with Gasteiger partial charge in [0.05, 0.1) is 17.1 Å². The first-order valence-corrected chi connectivity index (χ1v) is 9.59. The third-order valence-electron chi connectivity index (χ3n) is 5.05. The van der Waals surface area contributed by atoms with Gasteiger partial charge in [-0.25, -0.2) is 9.78 Å². The van der Waals surface area contributed by atoms with Gasteiger partial charge in [-0.2, -0.15) is 5.26 Å². The number of esters is 1. The van der Waals surface area contributed by atoms with Crippen LogP contribution >= 0.6 is 0 Å². The predicted molar refractivity (Wildman–Crippen MR) is 111 cm³/mol. The first-order valence-electron chi connectivity index (χ1n) is 9.59. The lowest BCUT2D eigenvalue weighted by Crippen LogP contribution is -2.50. The predicted octanol–water partition coefficient (Wildman–Crippen LogP) is 4.01. The van der Waals surface area contributed by atoms with Crippen LogP contribution < -0.4 is 5.32 Å². The van der Waals surface area contributed by atoms with E-state index in [9.17, 15) is 14.9 Å². The molecule has 3 aromatic rings. The van der Waals surface area contributed by atoms with Crippen molar-refractivity contribution in [3.8, 4) is 17.5 Å². The van der Waals surface area contributed by atoms with Crippen LogP contribution in [0, 0.1) is 24.2 Å². The van der Waals surface area contributed by atoms with Crippen LogP contribution in [-0.4, -0.2) is 29.0 Å². The molecule has 1 atom stereocenters. The van der Waals surface area contributed by atoms with Gasteiger partial charge < -0.3 is 14.5 Å². The van der Waals surface area contributed by atoms with Crippen molar-refractivity contribution in [3.05, 3.63) is 53.8 Å². The molecule has 30 heavy (non-hydrogen) atoms. The van der Waals surface area contributed by atoms with Crippen molar-refractivity contribution in [2.75, 3.05) is 6.61 Å². The van der Waals surface area contributed by atoms with E-state index in [1.54, 1.807) is 37.3 Å². The number of furan rings is 1. The number of hydrogen-bond donors (Lipinski definition) is 1. The summed E-state index contributed by atoms with van der Waals surface area (Å²) in [6.45, 7) is 6.62. The third-order valence-corrected chi connectivity index (χ3v) is 5.05. The quantitative estimate of drug-likeness (QED) is 0.621. The minimum absolute atomic E-state index is 0.106. The molecule has 0 spiro atoms. The summed E-state index contributed by atoms with van der Waals surface area (Å²) in [5.74, 6) is -0.0401. The number of benzene rings is 1. The van der Waals surface area contributed by atoms with Crippen LogP contribution in [0.15, 0.2) is 46.9 Å². The van der Waals surface area contributed by atoms with Gasteiger partial charge in [0.15, 0.2) is 12.4 Å². The van der Waals surface area contributed by atoms with E-state index >= 15 is 0 Å². The molecule has 1 aromatic carbocycles. The van der Waals surface area contributed by atoms with Crippen LogP contribution in [-0.2, 0) is 9.53 Å². The number of nitrogens with one attached hydrogen (secondary N) is 1. The molecular weight excluding hydrogens is 382 g/mol. The second-order valence-corrected chi connectivity index (χ2v) is 7.58. The average Bonchev–Trinajstić information content (AvgIpc) is 3.17. The number of pyridine rings is 1. The highest BCUT2D eigenvalue weighted by Gasteiger charge is 2.30. The van der Waals surface area contributed by atoms with Crippen LogP contribution in [0.4, 0.5) is 0 Å². The van der Waals surface area contributed by atoms with Gasteiger partial charge in [-0.3, -0.25) is 4.79 Å². The molecule has 2 heterocycles. The molecule has 7 nitrogen and oxygen atoms in total. The summed E-state index contributed by atoms with van der Waals surface area (Å²) >= 11 is 0. The monoisotopic (exact) mass is 405 g/mol. The molecule has 0 saturated heterocycles. The van der Waals surface area contributed by atoms with Crippen molar-refractivity contribution in [1.29, 1.82) is 5.26 Å². The van der Waals surface area contributed by atoms with Gasteiger partial charge >= 0.3 is 5.97 Å². The number of amides is 1. The highest BCUT2D eigenvalue weighted by Crippen LogP contribution is 2.26. The van der Waals surface area contributed by atoms with E-state index in [4.69, 9.17) is 9.15 Å². The van der Waals surface area contributed by atoms with E-state index in [2.05, 4.69) is 16.4 Å². The zero-order valence-electron chi connectivity index (χ0n) is 17.4. The molecule has 0 bridgehead atoms. The Hall–Kier alpha value is -3.66. The van der Waals surface area contributed by atoms with Gasteiger partial charge in [-0.15, -0.1) is 0 Å². The fraction of sp³-hybridized carbons (Fsp3) is 0.304. The smallest absolute Gasteiger partial charge is 0.339 e. The number of carbonyl (C=O) groups is 2. The minimum atomic E-state index is -1.04. The lowest BCUT2D eigenvalue weighted by molar-refractivity contribution is -0.125. The van der Waals surface area contributed by atoms with Crippen molar-refractivity contribution >= 4 is 22.8 Å². The Labute approximate surface area is 174 Å². The highest BCUT2D eigenvalue weighted by molar-refractivity contribution is 6.05. The molecule has 3 rings (SSSR count). The molecule has 154 valence electrons. The van der Waals surface area contributed by atoms with Gasteiger partial charge in [0, 0.05) is 5.39 Å². The van der Waals surface area contributed by atoms with E-state index in [0.29, 0.717) is 22.4 Å². The summed E-state index contributed by atoms with van der Waals surface area (Å²) in [7, 11) is 0. The first-order chi connectivity index (χ1) is 14.2. The SMILES string of the molecule is Cc1ccc(-c2cc(C(=O)OCC(=O)N[C@@](C)(C#N)C(C)C)c3ccccc3n2)o1. The van der Waals surface area contributed by atoms with Crippen molar-refractivity contribution in [2.45, 2.75) is 33.2 Å². The first kappa shape index (κ1) is 21.1. The van der Waals surface area contributed by atoms with E-state index in [1.807, 2.05) is 32.9 Å². The average molecular weight is 405 g/mol. The number of ether oxygens (including phenoxy) is 1. The summed E-state index contributed by atoms with van der Waals surface area (Å²) in [6, 6.07) is 14.5. The maximum Gasteiger partial charge on any atom is 0.339 e. The molecule has 0 aliphatic heterocycles. The zero-order chi connectivity index (χ0) is 21.9. The number of rotatable bonds is 6. The highest BCUT2D eigenvalue weighted by atomic mass is 16.5. The molecule has 2 aromatic heterocycles. The summed E-state index contributed by atoms with van der Waals surface area (Å²) in [6.07, 6.45) is 0.